The van der Waals surface area contributed by atoms with E-state index in [1.165, 1.54) is 11.0 Å². The van der Waals surface area contributed by atoms with Crippen LogP contribution < -0.4 is 10.1 Å². The Morgan fingerprint density at radius 3 is 2.48 bits per heavy atom. The van der Waals surface area contributed by atoms with Gasteiger partial charge < -0.3 is 25.3 Å². The normalized spacial score (nSPS) is 17.2. The molecule has 218 valence electrons. The van der Waals surface area contributed by atoms with Gasteiger partial charge in [0.15, 0.2) is 0 Å². The number of hydrogen-bond donors (Lipinski definition) is 4. The minimum absolute atomic E-state index is 0.0849. The van der Waals surface area contributed by atoms with E-state index in [-0.39, 0.29) is 12.5 Å². The summed E-state index contributed by atoms with van der Waals surface area (Å²) < 4.78 is 21.1. The molecule has 11 heteroatoms. The number of carbonyl (C=O) groups is 2. The van der Waals surface area contributed by atoms with E-state index in [1.54, 1.807) is 43.3 Å². The quantitative estimate of drug-likeness (QED) is 0.138. The zero-order chi connectivity index (χ0) is 30.0. The number of urea groups is 1. The Morgan fingerprint density at radius 2 is 1.81 bits per heavy atom. The average Bonchev–Trinajstić information content (AvgIpc) is 3.51. The lowest BCUT2D eigenvalue weighted by Gasteiger charge is -2.29. The fourth-order valence-corrected chi connectivity index (χ4v) is 5.53. The second-order valence-electron chi connectivity index (χ2n) is 10.2. The number of nitrogens with one attached hydrogen (secondary N) is 2. The number of aryl methyl sites for hydroxylation is 1. The largest absolute Gasteiger partial charge is 0.491 e. The molecule has 1 aromatic heterocycles. The van der Waals surface area contributed by atoms with Gasteiger partial charge in [0.05, 0.1) is 12.3 Å². The van der Waals surface area contributed by atoms with Crippen LogP contribution in [0.2, 0.25) is 0 Å². The molecule has 4 N–H and O–H groups in total. The van der Waals surface area contributed by atoms with Crippen molar-refractivity contribution in [3.8, 4) is 17.0 Å². The van der Waals surface area contributed by atoms with Gasteiger partial charge in [0.25, 0.3) is 5.91 Å². The van der Waals surface area contributed by atoms with E-state index in [4.69, 9.17) is 14.8 Å². The van der Waals surface area contributed by atoms with E-state index < -0.39 is 42.6 Å². The fourth-order valence-electron chi connectivity index (χ4n) is 5.07. The molecule has 1 unspecified atom stereocenters. The van der Waals surface area contributed by atoms with Gasteiger partial charge >= 0.3 is 6.03 Å². The number of halogens is 2. The monoisotopic (exact) mass is 684 g/mol. The van der Waals surface area contributed by atoms with Gasteiger partial charge in [0.1, 0.15) is 42.2 Å². The van der Waals surface area contributed by atoms with E-state index in [2.05, 4.69) is 10.3 Å². The molecule has 0 spiro atoms. The summed E-state index contributed by atoms with van der Waals surface area (Å²) in [6, 6.07) is 18.7. The number of hydrogen-bond acceptors (Lipinski definition) is 6. The van der Waals surface area contributed by atoms with E-state index in [0.29, 0.717) is 34.1 Å². The minimum atomic E-state index is -1.01. The van der Waals surface area contributed by atoms with E-state index >= 15 is 0 Å². The molecule has 1 aliphatic rings. The van der Waals surface area contributed by atoms with Gasteiger partial charge in [-0.25, -0.2) is 14.2 Å². The van der Waals surface area contributed by atoms with E-state index in [1.807, 2.05) is 59.8 Å². The second kappa shape index (κ2) is 12.6. The van der Waals surface area contributed by atoms with Crippen LogP contribution in [0.3, 0.4) is 0 Å². The highest BCUT2D eigenvalue weighted by molar-refractivity contribution is 14.1. The standard InChI is InChI=1S/C31H30FIN4O5/c1-17(19-6-4-3-5-7-19)28(29-34-18(2)26(35-29)24-13-10-21(33)14-25(24)32)37-30(40)27(36-31(37)41)20-8-11-23(12-9-20)42-16-22(39)15-38/h3-14,17,22,27-28,38-39H,15-16H2,1-2H3,(H,34,35)(H,36,41)/t17-,22+,27+,28?/m0/s1. The number of aliphatic hydroxyl groups is 2. The molecule has 9 nitrogen and oxygen atoms in total. The van der Waals surface area contributed by atoms with Crippen molar-refractivity contribution in [1.29, 1.82) is 0 Å². The number of benzene rings is 3. The van der Waals surface area contributed by atoms with Crippen LogP contribution in [-0.2, 0) is 4.79 Å². The van der Waals surface area contributed by atoms with Gasteiger partial charge in [0.2, 0.25) is 0 Å². The van der Waals surface area contributed by atoms with Gasteiger partial charge in [0, 0.05) is 20.7 Å². The lowest BCUT2D eigenvalue weighted by atomic mass is 9.91. The summed E-state index contributed by atoms with van der Waals surface area (Å²) in [6.07, 6.45) is -1.01. The molecule has 0 radical (unpaired) electrons. The van der Waals surface area contributed by atoms with Crippen molar-refractivity contribution in [1.82, 2.24) is 20.2 Å². The third-order valence-electron chi connectivity index (χ3n) is 7.28. The summed E-state index contributed by atoms with van der Waals surface area (Å²) in [7, 11) is 0. The molecular formula is C31H30FIN4O5. The number of carbonyl (C=O) groups excluding carboxylic acids is 2. The third kappa shape index (κ3) is 6.03. The van der Waals surface area contributed by atoms with Crippen molar-refractivity contribution in [3.63, 3.8) is 0 Å². The summed E-state index contributed by atoms with van der Waals surface area (Å²) in [6.45, 7) is 3.20. The lowest BCUT2D eigenvalue weighted by Crippen LogP contribution is -2.38. The molecule has 1 saturated heterocycles. The van der Waals surface area contributed by atoms with E-state index in [0.717, 1.165) is 9.13 Å². The Balaban J connectivity index is 1.49. The van der Waals surface area contributed by atoms with Gasteiger partial charge in [-0.1, -0.05) is 49.4 Å². The molecule has 0 saturated carbocycles. The highest BCUT2D eigenvalue weighted by atomic mass is 127. The maximum absolute atomic E-state index is 14.9. The molecule has 1 fully saturated rings. The molecular weight excluding hydrogens is 654 g/mol. The third-order valence-corrected chi connectivity index (χ3v) is 7.96. The molecule has 3 amide bonds. The summed E-state index contributed by atoms with van der Waals surface area (Å²) in [5.41, 5.74) is 2.80. The van der Waals surface area contributed by atoms with Crippen molar-refractivity contribution < 1.29 is 28.9 Å². The summed E-state index contributed by atoms with van der Waals surface area (Å²) in [4.78, 5) is 36.6. The molecule has 0 bridgehead atoms. The van der Waals surface area contributed by atoms with Crippen LogP contribution >= 0.6 is 22.6 Å². The Morgan fingerprint density at radius 1 is 1.10 bits per heavy atom. The molecule has 0 aliphatic carbocycles. The first-order chi connectivity index (χ1) is 20.2. The number of amides is 3. The molecule has 5 rings (SSSR count). The molecule has 3 aromatic carbocycles. The first-order valence-corrected chi connectivity index (χ1v) is 14.5. The van der Waals surface area contributed by atoms with E-state index in [9.17, 15) is 19.1 Å². The number of ether oxygens (including phenoxy) is 1. The molecule has 42 heavy (non-hydrogen) atoms. The van der Waals surface area contributed by atoms with Crippen LogP contribution in [-0.4, -0.2) is 56.3 Å². The first-order valence-electron chi connectivity index (χ1n) is 13.4. The van der Waals surface area contributed by atoms with Crippen LogP contribution in [0.5, 0.6) is 5.75 Å². The number of aliphatic hydroxyl groups excluding tert-OH is 2. The van der Waals surface area contributed by atoms with Gasteiger partial charge in [-0.3, -0.25) is 9.69 Å². The predicted molar refractivity (Wildman–Crippen MR) is 162 cm³/mol. The zero-order valence-corrected chi connectivity index (χ0v) is 25.1. The SMILES string of the molecule is Cc1[nH]c(C([C@@H](C)c2ccccc2)N2C(=O)N[C@H](c3ccc(OC[C@H](O)CO)cc3)C2=O)nc1-c1ccc(I)cc1F. The Bertz CT molecular complexity index is 1580. The summed E-state index contributed by atoms with van der Waals surface area (Å²) >= 11 is 2.04. The molecule has 1 aliphatic heterocycles. The molecule has 4 atom stereocenters. The first kappa shape index (κ1) is 29.7. The van der Waals surface area contributed by atoms with Crippen LogP contribution in [0.1, 0.15) is 47.6 Å². The number of H-pyrrole nitrogens is 1. The van der Waals surface area contributed by atoms with Crippen molar-refractivity contribution in [2.45, 2.75) is 38.0 Å². The number of imidazole rings is 1. The van der Waals surface area contributed by atoms with Crippen LogP contribution in [0.4, 0.5) is 9.18 Å². The smallest absolute Gasteiger partial charge is 0.325 e. The van der Waals surface area contributed by atoms with Crippen molar-refractivity contribution in [3.05, 3.63) is 105 Å². The Hall–Kier alpha value is -3.81. The minimum Gasteiger partial charge on any atom is -0.491 e. The second-order valence-corrected chi connectivity index (χ2v) is 11.4. The predicted octanol–water partition coefficient (Wildman–Crippen LogP) is 5.00. The Labute approximate surface area is 255 Å². The fraction of sp³-hybridized carbons (Fsp3) is 0.258. The topological polar surface area (TPSA) is 128 Å². The number of nitrogens with zero attached hydrogens (tertiary/aromatic N) is 2. The summed E-state index contributed by atoms with van der Waals surface area (Å²) in [5, 5.41) is 21.3. The number of imide groups is 1. The van der Waals surface area contributed by atoms with Crippen LogP contribution in [0.25, 0.3) is 11.3 Å². The van der Waals surface area contributed by atoms with Crippen LogP contribution in [0, 0.1) is 16.3 Å². The highest BCUT2D eigenvalue weighted by Gasteiger charge is 2.46. The lowest BCUT2D eigenvalue weighted by molar-refractivity contribution is -0.129. The van der Waals surface area contributed by atoms with Gasteiger partial charge in [-0.05, 0) is 71.0 Å². The summed E-state index contributed by atoms with van der Waals surface area (Å²) in [5.74, 6) is -0.408. The number of rotatable bonds is 10. The average molecular weight is 685 g/mol. The van der Waals surface area contributed by atoms with Gasteiger partial charge in [-0.2, -0.15) is 0 Å². The van der Waals surface area contributed by atoms with Gasteiger partial charge in [-0.15, -0.1) is 0 Å². The van der Waals surface area contributed by atoms with Crippen molar-refractivity contribution in [2.75, 3.05) is 13.2 Å². The molecule has 2 heterocycles. The highest BCUT2D eigenvalue weighted by Crippen LogP contribution is 2.40. The van der Waals surface area contributed by atoms with Crippen LogP contribution in [0.15, 0.2) is 72.8 Å². The maximum Gasteiger partial charge on any atom is 0.325 e. The molecule has 4 aromatic rings. The van der Waals surface area contributed by atoms with Crippen molar-refractivity contribution in [2.24, 2.45) is 0 Å². The Kier molecular flexibility index (Phi) is 8.90. The number of aromatic nitrogens is 2. The number of aromatic amines is 1. The zero-order valence-electron chi connectivity index (χ0n) is 22.9. The maximum atomic E-state index is 14.9. The van der Waals surface area contributed by atoms with Crippen molar-refractivity contribution >= 4 is 34.5 Å².